The zero-order chi connectivity index (χ0) is 38.8. The minimum Gasteiger partial charge on any atom is -0.313 e. The van der Waals surface area contributed by atoms with E-state index in [4.69, 9.17) is 0 Å². The second-order valence-electron chi connectivity index (χ2n) is 17.2. The highest BCUT2D eigenvalue weighted by atomic mass is 32.3. The van der Waals surface area contributed by atoms with Crippen molar-refractivity contribution >= 4 is 48.7 Å². The van der Waals surface area contributed by atoms with Gasteiger partial charge in [-0.25, -0.2) is 0 Å². The van der Waals surface area contributed by atoms with Crippen LogP contribution in [0.4, 0.5) is 0 Å². The molecule has 0 amide bonds. The topological polar surface area (TPSA) is 29.0 Å². The molecule has 58 heavy (non-hydrogen) atoms. The summed E-state index contributed by atoms with van der Waals surface area (Å²) < 4.78 is 2.56. The average molecular weight is 774 g/mol. The Morgan fingerprint density at radius 3 is 1.97 bits per heavy atom. The fourth-order valence-corrected chi connectivity index (χ4v) is 13.2. The highest BCUT2D eigenvalue weighted by molar-refractivity contribution is 8.33. The molecule has 6 aromatic carbocycles. The molecule has 7 aromatic rings. The van der Waals surface area contributed by atoms with E-state index in [0.717, 1.165) is 38.5 Å². The Hall–Kier alpha value is -5.39. The fourth-order valence-electron chi connectivity index (χ4n) is 10.6. The molecule has 0 spiro atoms. The number of benzene rings is 6. The van der Waals surface area contributed by atoms with E-state index >= 15 is 0 Å². The van der Waals surface area contributed by atoms with Crippen LogP contribution in [0.1, 0.15) is 72.9 Å². The zero-order valence-corrected chi connectivity index (χ0v) is 34.3. The maximum Gasteiger partial charge on any atom is 0.0613 e. The molecule has 3 unspecified atom stereocenters. The van der Waals surface area contributed by atoms with Crippen LogP contribution in [0.15, 0.2) is 174 Å². The van der Waals surface area contributed by atoms with Crippen LogP contribution in [0, 0.1) is 5.92 Å². The molecule has 11 rings (SSSR count). The first kappa shape index (κ1) is 35.7. The lowest BCUT2D eigenvalue weighted by Crippen LogP contribution is -2.55. The van der Waals surface area contributed by atoms with Crippen LogP contribution in [0.25, 0.3) is 49.8 Å². The normalized spacial score (nSPS) is 23.1. The fraction of sp³-hybridized carbons (Fsp3) is 0.222. The number of fused-ring (bicyclic) bond motifs is 6. The first-order chi connectivity index (χ1) is 28.5. The van der Waals surface area contributed by atoms with Crippen LogP contribution >= 0.6 is 10.0 Å². The molecule has 4 aliphatic rings. The van der Waals surface area contributed by atoms with E-state index in [0.29, 0.717) is 18.0 Å². The lowest BCUT2D eigenvalue weighted by atomic mass is 9.81. The molecule has 1 aromatic heterocycles. The van der Waals surface area contributed by atoms with E-state index in [-0.39, 0.29) is 6.17 Å². The van der Waals surface area contributed by atoms with Gasteiger partial charge in [0, 0.05) is 38.3 Å². The second-order valence-corrected chi connectivity index (χ2v) is 20.7. The molecule has 288 valence electrons. The number of hydrogen-bond donors (Lipinski definition) is 2. The van der Waals surface area contributed by atoms with E-state index in [2.05, 4.69) is 192 Å². The molecule has 1 saturated heterocycles. The van der Waals surface area contributed by atoms with Gasteiger partial charge in [0.2, 0.25) is 0 Å². The summed E-state index contributed by atoms with van der Waals surface area (Å²) in [6, 6.07) is 55.1. The predicted octanol–water partition coefficient (Wildman–Crippen LogP) is 13.6. The first-order valence-corrected chi connectivity index (χ1v) is 23.7. The summed E-state index contributed by atoms with van der Waals surface area (Å²) in [7, 11) is -0.980. The number of para-hydroxylation sites is 1. The third kappa shape index (κ3) is 6.04. The molecule has 3 nitrogen and oxygen atoms in total. The third-order valence-corrected chi connectivity index (χ3v) is 16.6. The van der Waals surface area contributed by atoms with Gasteiger partial charge >= 0.3 is 0 Å². The minimum atomic E-state index is -0.980. The highest BCUT2D eigenvalue weighted by Gasteiger charge is 2.35. The van der Waals surface area contributed by atoms with Gasteiger partial charge in [0.15, 0.2) is 0 Å². The van der Waals surface area contributed by atoms with Crippen molar-refractivity contribution in [1.29, 1.82) is 0 Å². The number of rotatable bonds is 6. The molecule has 2 N–H and O–H groups in total. The van der Waals surface area contributed by atoms with Gasteiger partial charge in [0.25, 0.3) is 0 Å². The van der Waals surface area contributed by atoms with Gasteiger partial charge in [-0.3, -0.25) is 10.6 Å². The van der Waals surface area contributed by atoms with E-state index in [1.807, 2.05) is 0 Å². The Balaban J connectivity index is 0.899. The van der Waals surface area contributed by atoms with Crippen LogP contribution < -0.4 is 10.6 Å². The molecular formula is C54H51N3S. The quantitative estimate of drug-likeness (QED) is 0.176. The second kappa shape index (κ2) is 14.5. The minimum absolute atomic E-state index is 0.247. The van der Waals surface area contributed by atoms with E-state index < -0.39 is 10.0 Å². The van der Waals surface area contributed by atoms with E-state index in [9.17, 15) is 0 Å². The summed E-state index contributed by atoms with van der Waals surface area (Å²) in [6.45, 7) is 0. The van der Waals surface area contributed by atoms with Crippen LogP contribution in [-0.2, 0) is 0 Å². The zero-order valence-electron chi connectivity index (χ0n) is 33.5. The number of hydrogen-bond acceptors (Lipinski definition) is 2. The lowest BCUT2D eigenvalue weighted by molar-refractivity contribution is 0.178. The van der Waals surface area contributed by atoms with Crippen molar-refractivity contribution in [3.8, 4) is 11.1 Å². The largest absolute Gasteiger partial charge is 0.313 e. The predicted molar refractivity (Wildman–Crippen MR) is 247 cm³/mol. The van der Waals surface area contributed by atoms with Crippen LogP contribution in [0.3, 0.4) is 0 Å². The van der Waals surface area contributed by atoms with Crippen molar-refractivity contribution in [2.45, 2.75) is 66.6 Å². The Morgan fingerprint density at radius 1 is 0.569 bits per heavy atom. The van der Waals surface area contributed by atoms with Crippen molar-refractivity contribution in [3.63, 3.8) is 0 Å². The van der Waals surface area contributed by atoms with Crippen molar-refractivity contribution in [2.24, 2.45) is 5.92 Å². The lowest BCUT2D eigenvalue weighted by Gasteiger charge is -2.42. The summed E-state index contributed by atoms with van der Waals surface area (Å²) in [5.41, 5.74) is 15.3. The molecule has 3 atom stereocenters. The number of allylic oxidation sites excluding steroid dienone is 6. The molecular weight excluding hydrogens is 723 g/mol. The molecule has 3 heterocycles. The van der Waals surface area contributed by atoms with Crippen LogP contribution in [0.2, 0.25) is 0 Å². The SMILES string of the molecule is CS1(C)c2ccccc2-c2cc(C3=CC=C(n4c5ccccc5c5c(C6=CCC(C7NC(c8ccccc8)CC(c8ccccc8)N7)CC6)cccc54)CC3)ccc21. The van der Waals surface area contributed by atoms with Gasteiger partial charge in [-0.2, -0.15) is 10.0 Å². The molecule has 0 radical (unpaired) electrons. The molecule has 1 fully saturated rings. The molecule has 0 saturated carbocycles. The summed E-state index contributed by atoms with van der Waals surface area (Å²) in [4.78, 5) is 3.04. The molecule has 2 aliphatic heterocycles. The van der Waals surface area contributed by atoms with Gasteiger partial charge in [0.05, 0.1) is 17.2 Å². The van der Waals surface area contributed by atoms with Crippen molar-refractivity contribution in [3.05, 3.63) is 186 Å². The van der Waals surface area contributed by atoms with Gasteiger partial charge in [-0.05, 0) is 138 Å². The average Bonchev–Trinajstić information content (AvgIpc) is 3.75. The smallest absolute Gasteiger partial charge is 0.0613 e. The van der Waals surface area contributed by atoms with Crippen molar-refractivity contribution in [1.82, 2.24) is 15.2 Å². The van der Waals surface area contributed by atoms with Gasteiger partial charge in [-0.15, -0.1) is 0 Å². The van der Waals surface area contributed by atoms with Crippen LogP contribution in [0.5, 0.6) is 0 Å². The number of nitrogens with zero attached hydrogens (tertiary/aromatic N) is 1. The molecule has 4 heteroatoms. The number of aromatic nitrogens is 1. The summed E-state index contributed by atoms with van der Waals surface area (Å²) in [6.07, 6.45) is 18.9. The van der Waals surface area contributed by atoms with Gasteiger partial charge < -0.3 is 4.57 Å². The Labute approximate surface area is 344 Å². The number of nitrogens with one attached hydrogen (secondary N) is 2. The maximum atomic E-state index is 4.07. The maximum absolute atomic E-state index is 4.07. The van der Waals surface area contributed by atoms with E-state index in [1.54, 1.807) is 0 Å². The Kier molecular flexibility index (Phi) is 8.91. The van der Waals surface area contributed by atoms with Crippen molar-refractivity contribution in [2.75, 3.05) is 12.5 Å². The molecule has 0 bridgehead atoms. The Morgan fingerprint density at radius 2 is 1.24 bits per heavy atom. The molecule has 2 aliphatic carbocycles. The van der Waals surface area contributed by atoms with E-state index in [1.165, 1.54) is 81.8 Å². The van der Waals surface area contributed by atoms with Gasteiger partial charge in [0.1, 0.15) is 0 Å². The first-order valence-electron chi connectivity index (χ1n) is 21.2. The highest BCUT2D eigenvalue weighted by Crippen LogP contribution is 2.67. The van der Waals surface area contributed by atoms with Crippen LogP contribution in [-0.4, -0.2) is 23.2 Å². The monoisotopic (exact) mass is 773 g/mol. The standard InChI is InChI=1S/C54H51N3S/c1-58(2)51-23-12-10-18-44(51)46-34-41(30-33-52(46)58)36-28-31-42(32-29-36)57-49-21-11-9-19-45(49)53-43(20-13-22-50(53)57)37-24-26-40(27-25-37)54-55-47(38-14-5-3-6-15-38)35-48(56-54)39-16-7-4-8-17-39/h3-24,28,30-31,33-34,40,47-48,54-56H,25-27,29,32,35H2,1-2H3. The summed E-state index contributed by atoms with van der Waals surface area (Å²) in [5, 5.41) is 10.9. The summed E-state index contributed by atoms with van der Waals surface area (Å²) in [5.74, 6) is 0.517. The van der Waals surface area contributed by atoms with Gasteiger partial charge in [-0.1, -0.05) is 127 Å². The van der Waals surface area contributed by atoms with Crippen molar-refractivity contribution < 1.29 is 0 Å². The Bertz CT molecular complexity index is 2740. The summed E-state index contributed by atoms with van der Waals surface area (Å²) >= 11 is 0. The third-order valence-electron chi connectivity index (χ3n) is 13.6.